The molecule has 0 radical (unpaired) electrons. The van der Waals surface area contributed by atoms with Crippen molar-refractivity contribution in [1.82, 2.24) is 5.32 Å². The van der Waals surface area contributed by atoms with Gasteiger partial charge in [0.1, 0.15) is 0 Å². The number of nitrogens with two attached hydrogens (primary N) is 1. The van der Waals surface area contributed by atoms with Crippen molar-refractivity contribution in [2.45, 2.75) is 26.3 Å². The van der Waals surface area contributed by atoms with E-state index in [0.717, 1.165) is 5.56 Å². The van der Waals surface area contributed by atoms with Crippen LogP contribution in [0.4, 0.5) is 0 Å². The first-order chi connectivity index (χ1) is 7.35. The molecule has 0 bridgehead atoms. The van der Waals surface area contributed by atoms with Crippen LogP contribution in [0.3, 0.4) is 0 Å². The number of rotatable bonds is 3. The van der Waals surface area contributed by atoms with Gasteiger partial charge in [-0.3, -0.25) is 4.79 Å². The van der Waals surface area contributed by atoms with Gasteiger partial charge in [0, 0.05) is 22.7 Å². The average Bonchev–Trinajstić information content (AvgIpc) is 2.21. The Kier molecular flexibility index (Phi) is 5.96. The van der Waals surface area contributed by atoms with Crippen LogP contribution in [0.5, 0.6) is 0 Å². The fourth-order valence-corrected chi connectivity index (χ4v) is 1.44. The number of carbonyl (C=O) groups excluding carboxylic acids is 1. The molecule has 0 aliphatic carbocycles. The molecule has 0 saturated carbocycles. The van der Waals surface area contributed by atoms with Crippen molar-refractivity contribution in [3.05, 3.63) is 34.3 Å². The lowest BCUT2D eigenvalue weighted by Gasteiger charge is -2.24. The molecule has 0 atom stereocenters. The zero-order chi connectivity index (χ0) is 12.3. The highest BCUT2D eigenvalue weighted by molar-refractivity contribution is 6.31. The Labute approximate surface area is 113 Å². The van der Waals surface area contributed by atoms with E-state index in [-0.39, 0.29) is 18.3 Å². The van der Waals surface area contributed by atoms with Gasteiger partial charge in [-0.1, -0.05) is 17.7 Å². The van der Waals surface area contributed by atoms with Gasteiger partial charge in [0.2, 0.25) is 0 Å². The average molecular weight is 277 g/mol. The second kappa shape index (κ2) is 6.24. The van der Waals surface area contributed by atoms with Crippen LogP contribution in [0.2, 0.25) is 5.02 Å². The SMILES string of the molecule is Cc1ccc(Cl)cc1C(=O)NC(C)(C)CN.Cl. The Morgan fingerprint density at radius 1 is 1.47 bits per heavy atom. The van der Waals surface area contributed by atoms with E-state index >= 15 is 0 Å². The Morgan fingerprint density at radius 3 is 2.59 bits per heavy atom. The Morgan fingerprint density at radius 2 is 2.06 bits per heavy atom. The van der Waals surface area contributed by atoms with Crippen molar-refractivity contribution in [1.29, 1.82) is 0 Å². The number of amides is 1. The Bertz CT molecular complexity index is 405. The highest BCUT2D eigenvalue weighted by Crippen LogP contribution is 2.16. The van der Waals surface area contributed by atoms with Crippen LogP contribution in [0, 0.1) is 6.92 Å². The minimum absolute atomic E-state index is 0. The van der Waals surface area contributed by atoms with E-state index in [9.17, 15) is 4.79 Å². The van der Waals surface area contributed by atoms with E-state index in [4.69, 9.17) is 17.3 Å². The molecule has 3 nitrogen and oxygen atoms in total. The maximum atomic E-state index is 12.0. The number of carbonyl (C=O) groups is 1. The van der Waals surface area contributed by atoms with E-state index < -0.39 is 5.54 Å². The van der Waals surface area contributed by atoms with Crippen LogP contribution in [0.25, 0.3) is 0 Å². The number of hydrogen-bond donors (Lipinski definition) is 2. The predicted molar refractivity (Wildman–Crippen MR) is 74.0 cm³/mol. The quantitative estimate of drug-likeness (QED) is 0.892. The van der Waals surface area contributed by atoms with Crippen LogP contribution in [0.15, 0.2) is 18.2 Å². The molecule has 1 aromatic carbocycles. The standard InChI is InChI=1S/C12H17ClN2O.ClH/c1-8-4-5-9(13)6-10(8)11(16)15-12(2,3)7-14;/h4-6H,7,14H2,1-3H3,(H,15,16);1H. The van der Waals surface area contributed by atoms with Gasteiger partial charge in [0.05, 0.1) is 0 Å². The monoisotopic (exact) mass is 276 g/mol. The summed E-state index contributed by atoms with van der Waals surface area (Å²) in [6.07, 6.45) is 0. The van der Waals surface area contributed by atoms with Gasteiger partial charge in [-0.15, -0.1) is 12.4 Å². The van der Waals surface area contributed by atoms with Crippen molar-refractivity contribution < 1.29 is 4.79 Å². The third-order valence-electron chi connectivity index (χ3n) is 2.41. The summed E-state index contributed by atoms with van der Waals surface area (Å²) in [6.45, 7) is 6.02. The molecule has 0 aliphatic heterocycles. The van der Waals surface area contributed by atoms with E-state index in [2.05, 4.69) is 5.32 Å². The summed E-state index contributed by atoms with van der Waals surface area (Å²) in [5, 5.41) is 3.42. The van der Waals surface area contributed by atoms with Gasteiger partial charge in [-0.25, -0.2) is 0 Å². The van der Waals surface area contributed by atoms with Crippen LogP contribution in [-0.4, -0.2) is 18.0 Å². The molecule has 0 fully saturated rings. The summed E-state index contributed by atoms with van der Waals surface area (Å²) in [5.41, 5.74) is 6.64. The van der Waals surface area contributed by atoms with E-state index in [1.165, 1.54) is 0 Å². The molecule has 0 aliphatic rings. The largest absolute Gasteiger partial charge is 0.346 e. The summed E-state index contributed by atoms with van der Waals surface area (Å²) >= 11 is 5.86. The molecule has 17 heavy (non-hydrogen) atoms. The number of halogens is 2. The van der Waals surface area contributed by atoms with Crippen LogP contribution in [-0.2, 0) is 0 Å². The maximum absolute atomic E-state index is 12.0. The van der Waals surface area contributed by atoms with Crippen LogP contribution in [0.1, 0.15) is 29.8 Å². The summed E-state index contributed by atoms with van der Waals surface area (Å²) < 4.78 is 0. The van der Waals surface area contributed by atoms with E-state index in [1.807, 2.05) is 26.8 Å². The molecule has 0 aromatic heterocycles. The zero-order valence-corrected chi connectivity index (χ0v) is 11.8. The Balaban J connectivity index is 0.00000256. The molecule has 1 rings (SSSR count). The molecule has 3 N–H and O–H groups in total. The van der Waals surface area contributed by atoms with Crippen molar-refractivity contribution in [3.8, 4) is 0 Å². The molecule has 0 unspecified atom stereocenters. The number of nitrogens with one attached hydrogen (secondary N) is 1. The smallest absolute Gasteiger partial charge is 0.252 e. The van der Waals surface area contributed by atoms with Gasteiger partial charge < -0.3 is 11.1 Å². The second-order valence-electron chi connectivity index (χ2n) is 4.50. The minimum atomic E-state index is -0.411. The second-order valence-corrected chi connectivity index (χ2v) is 4.94. The van der Waals surface area contributed by atoms with Crippen LogP contribution < -0.4 is 11.1 Å². The first kappa shape index (κ1) is 16.2. The van der Waals surface area contributed by atoms with Crippen LogP contribution >= 0.6 is 24.0 Å². The molecular formula is C12H18Cl2N2O. The van der Waals surface area contributed by atoms with Gasteiger partial charge in [-0.2, -0.15) is 0 Å². The van der Waals surface area contributed by atoms with E-state index in [1.54, 1.807) is 12.1 Å². The Hall–Kier alpha value is -0.770. The normalized spacial score (nSPS) is 10.6. The van der Waals surface area contributed by atoms with E-state index in [0.29, 0.717) is 17.1 Å². The van der Waals surface area contributed by atoms with Crippen molar-refractivity contribution >= 4 is 29.9 Å². The van der Waals surface area contributed by atoms with Gasteiger partial charge >= 0.3 is 0 Å². The highest BCUT2D eigenvalue weighted by Gasteiger charge is 2.20. The summed E-state index contributed by atoms with van der Waals surface area (Å²) in [7, 11) is 0. The third kappa shape index (κ3) is 4.54. The fraction of sp³-hybridized carbons (Fsp3) is 0.417. The summed E-state index contributed by atoms with van der Waals surface area (Å²) in [4.78, 5) is 12.0. The molecule has 0 heterocycles. The summed E-state index contributed by atoms with van der Waals surface area (Å²) in [5.74, 6) is -0.143. The van der Waals surface area contributed by atoms with Crippen molar-refractivity contribution in [3.63, 3.8) is 0 Å². The molecule has 5 heteroatoms. The maximum Gasteiger partial charge on any atom is 0.252 e. The minimum Gasteiger partial charge on any atom is -0.346 e. The zero-order valence-electron chi connectivity index (χ0n) is 10.2. The lowest BCUT2D eigenvalue weighted by Crippen LogP contribution is -2.49. The lowest BCUT2D eigenvalue weighted by molar-refractivity contribution is 0.0915. The van der Waals surface area contributed by atoms with Gasteiger partial charge in [0.25, 0.3) is 5.91 Å². The van der Waals surface area contributed by atoms with Crippen molar-refractivity contribution in [2.75, 3.05) is 6.54 Å². The molecule has 96 valence electrons. The number of hydrogen-bond acceptors (Lipinski definition) is 2. The molecule has 0 spiro atoms. The highest BCUT2D eigenvalue weighted by atomic mass is 35.5. The molecule has 1 aromatic rings. The first-order valence-electron chi connectivity index (χ1n) is 5.14. The molecular weight excluding hydrogens is 259 g/mol. The third-order valence-corrected chi connectivity index (χ3v) is 2.64. The molecule has 0 saturated heterocycles. The topological polar surface area (TPSA) is 55.1 Å². The van der Waals surface area contributed by atoms with Gasteiger partial charge in [0.15, 0.2) is 0 Å². The summed E-state index contributed by atoms with van der Waals surface area (Å²) in [6, 6.07) is 5.26. The van der Waals surface area contributed by atoms with Gasteiger partial charge in [-0.05, 0) is 38.5 Å². The van der Waals surface area contributed by atoms with Crippen molar-refractivity contribution in [2.24, 2.45) is 5.73 Å². The number of benzene rings is 1. The lowest BCUT2D eigenvalue weighted by atomic mass is 10.0. The predicted octanol–water partition coefficient (Wildman–Crippen LogP) is 2.54. The fourth-order valence-electron chi connectivity index (χ4n) is 1.26. The number of aryl methyl sites for hydroxylation is 1. The first-order valence-corrected chi connectivity index (χ1v) is 5.52. The molecule has 1 amide bonds.